The largest absolute Gasteiger partial charge is 0.347 e. The Morgan fingerprint density at radius 1 is 0.964 bits per heavy atom. The van der Waals surface area contributed by atoms with Gasteiger partial charge in [-0.1, -0.05) is 6.07 Å². The van der Waals surface area contributed by atoms with Crippen LogP contribution in [0.1, 0.15) is 51.7 Å². The van der Waals surface area contributed by atoms with Gasteiger partial charge in [-0.15, -0.1) is 0 Å². The number of nitrogens with zero attached hydrogens (tertiary/aromatic N) is 5. The number of nitrogens with one attached hydrogen (secondary N) is 1. The molecule has 1 fully saturated rings. The Labute approximate surface area is 169 Å². The third kappa shape index (κ3) is 5.49. The molecule has 0 radical (unpaired) electrons. The van der Waals surface area contributed by atoms with Gasteiger partial charge in [-0.3, -0.25) is 9.88 Å². The second kappa shape index (κ2) is 8.13. The average Bonchev–Trinajstić information content (AvgIpc) is 2.60. The zero-order valence-corrected chi connectivity index (χ0v) is 18.1. The molecule has 0 saturated carbocycles. The molecule has 0 aliphatic carbocycles. The highest BCUT2D eigenvalue weighted by Crippen LogP contribution is 2.33. The van der Waals surface area contributed by atoms with Gasteiger partial charge in [-0.05, 0) is 52.2 Å². The van der Waals surface area contributed by atoms with Crippen molar-refractivity contribution in [2.75, 3.05) is 19.0 Å². The van der Waals surface area contributed by atoms with Crippen LogP contribution in [0.25, 0.3) is 0 Å². The van der Waals surface area contributed by atoms with E-state index in [1.807, 2.05) is 49.8 Å². The maximum atomic E-state index is 4.50. The Bertz CT molecular complexity index is 738. The van der Waals surface area contributed by atoms with Gasteiger partial charge in [-0.25, -0.2) is 9.97 Å². The Balaban J connectivity index is 1.84. The van der Waals surface area contributed by atoms with Gasteiger partial charge >= 0.3 is 0 Å². The fraction of sp³-hybridized carbons (Fsp3) is 0.591. The van der Waals surface area contributed by atoms with E-state index in [1.54, 1.807) is 0 Å². The first-order valence-corrected chi connectivity index (χ1v) is 10.0. The number of anilines is 1. The van der Waals surface area contributed by atoms with Crippen LogP contribution >= 0.6 is 0 Å². The SMILES string of the molecule is CN(C)c1ncc(CN(Cc2cccnc2)C2CC(C)(C)NC(C)(C)C2)cn1. The fourth-order valence-electron chi connectivity index (χ4n) is 4.46. The molecule has 1 saturated heterocycles. The van der Waals surface area contributed by atoms with E-state index >= 15 is 0 Å². The van der Waals surface area contributed by atoms with Crippen LogP contribution in [0.15, 0.2) is 36.9 Å². The van der Waals surface area contributed by atoms with Crippen molar-refractivity contribution in [2.45, 2.75) is 70.7 Å². The van der Waals surface area contributed by atoms with E-state index < -0.39 is 0 Å². The molecule has 1 aliphatic rings. The van der Waals surface area contributed by atoms with Crippen LogP contribution in [0, 0.1) is 0 Å². The Hall–Kier alpha value is -2.05. The summed E-state index contributed by atoms with van der Waals surface area (Å²) in [6.07, 6.45) is 9.92. The molecule has 1 N–H and O–H groups in total. The molecule has 0 atom stereocenters. The molecule has 152 valence electrons. The van der Waals surface area contributed by atoms with Crippen LogP contribution in [0.4, 0.5) is 5.95 Å². The summed E-state index contributed by atoms with van der Waals surface area (Å²) in [5.74, 6) is 0.742. The highest BCUT2D eigenvalue weighted by Gasteiger charge is 2.39. The molecule has 1 aliphatic heterocycles. The van der Waals surface area contributed by atoms with Crippen LogP contribution in [-0.4, -0.2) is 51.1 Å². The lowest BCUT2D eigenvalue weighted by atomic mass is 9.79. The van der Waals surface area contributed by atoms with Crippen molar-refractivity contribution in [1.82, 2.24) is 25.2 Å². The first kappa shape index (κ1) is 20.7. The molecule has 0 aromatic carbocycles. The van der Waals surface area contributed by atoms with E-state index in [2.05, 4.69) is 58.9 Å². The van der Waals surface area contributed by atoms with Crippen LogP contribution in [0.3, 0.4) is 0 Å². The van der Waals surface area contributed by atoms with Crippen molar-refractivity contribution >= 4 is 5.95 Å². The summed E-state index contributed by atoms with van der Waals surface area (Å²) in [6.45, 7) is 10.9. The highest BCUT2D eigenvalue weighted by molar-refractivity contribution is 5.26. The van der Waals surface area contributed by atoms with Crippen LogP contribution in [0.2, 0.25) is 0 Å². The summed E-state index contributed by atoms with van der Waals surface area (Å²) < 4.78 is 0. The van der Waals surface area contributed by atoms with Gasteiger partial charge in [0.2, 0.25) is 5.95 Å². The van der Waals surface area contributed by atoms with Crippen LogP contribution in [-0.2, 0) is 13.1 Å². The second-order valence-corrected chi connectivity index (χ2v) is 9.51. The standard InChI is InChI=1S/C22H34N6/c1-21(2)10-19(11-22(3,4)26-21)28(15-17-8-7-9-23-12-17)16-18-13-24-20(25-14-18)27(5)6/h7-9,12-14,19,26H,10-11,15-16H2,1-6H3. The van der Waals surface area contributed by atoms with Crippen molar-refractivity contribution in [3.8, 4) is 0 Å². The molecular weight excluding hydrogens is 348 g/mol. The van der Waals surface area contributed by atoms with E-state index in [0.29, 0.717) is 6.04 Å². The van der Waals surface area contributed by atoms with Gasteiger partial charge in [-0.2, -0.15) is 0 Å². The van der Waals surface area contributed by atoms with Crippen molar-refractivity contribution in [3.05, 3.63) is 48.0 Å². The fourth-order valence-corrected chi connectivity index (χ4v) is 4.46. The van der Waals surface area contributed by atoms with Crippen molar-refractivity contribution in [2.24, 2.45) is 0 Å². The van der Waals surface area contributed by atoms with E-state index in [9.17, 15) is 0 Å². The summed E-state index contributed by atoms with van der Waals surface area (Å²) in [7, 11) is 3.92. The normalized spacial score (nSPS) is 19.0. The Morgan fingerprint density at radius 2 is 1.57 bits per heavy atom. The lowest BCUT2D eigenvalue weighted by Crippen LogP contribution is -2.62. The van der Waals surface area contributed by atoms with Gasteiger partial charge < -0.3 is 10.2 Å². The maximum absolute atomic E-state index is 4.50. The molecule has 28 heavy (non-hydrogen) atoms. The summed E-state index contributed by atoms with van der Waals surface area (Å²) >= 11 is 0. The van der Waals surface area contributed by atoms with Gasteiger partial charge in [0.25, 0.3) is 0 Å². The van der Waals surface area contributed by atoms with Gasteiger partial charge in [0.15, 0.2) is 0 Å². The Kier molecular flexibility index (Phi) is 6.01. The third-order valence-corrected chi connectivity index (χ3v) is 5.27. The predicted molar refractivity (Wildman–Crippen MR) is 114 cm³/mol. The van der Waals surface area contributed by atoms with E-state index in [0.717, 1.165) is 37.4 Å². The smallest absolute Gasteiger partial charge is 0.224 e. The monoisotopic (exact) mass is 382 g/mol. The minimum atomic E-state index is 0.102. The molecule has 0 unspecified atom stereocenters. The van der Waals surface area contributed by atoms with E-state index in [4.69, 9.17) is 0 Å². The summed E-state index contributed by atoms with van der Waals surface area (Å²) in [6, 6.07) is 4.64. The number of piperidine rings is 1. The molecule has 3 heterocycles. The predicted octanol–water partition coefficient (Wildman–Crippen LogP) is 3.25. The molecule has 0 amide bonds. The average molecular weight is 383 g/mol. The van der Waals surface area contributed by atoms with Gasteiger partial charge in [0.05, 0.1) is 0 Å². The van der Waals surface area contributed by atoms with Gasteiger partial charge in [0, 0.05) is 74.7 Å². The van der Waals surface area contributed by atoms with Gasteiger partial charge in [0.1, 0.15) is 0 Å². The minimum absolute atomic E-state index is 0.102. The molecule has 6 heteroatoms. The molecule has 2 aromatic rings. The van der Waals surface area contributed by atoms with Crippen LogP contribution in [0.5, 0.6) is 0 Å². The van der Waals surface area contributed by atoms with Crippen molar-refractivity contribution in [1.29, 1.82) is 0 Å². The van der Waals surface area contributed by atoms with Crippen LogP contribution < -0.4 is 10.2 Å². The number of rotatable bonds is 6. The Morgan fingerprint density at radius 3 is 2.11 bits per heavy atom. The molecule has 0 bridgehead atoms. The third-order valence-electron chi connectivity index (χ3n) is 5.27. The zero-order valence-electron chi connectivity index (χ0n) is 18.1. The topological polar surface area (TPSA) is 57.2 Å². The van der Waals surface area contributed by atoms with Crippen molar-refractivity contribution < 1.29 is 0 Å². The number of aromatic nitrogens is 3. The molecular formula is C22H34N6. The molecule has 2 aromatic heterocycles. The number of pyridine rings is 1. The molecule has 0 spiro atoms. The zero-order chi connectivity index (χ0) is 20.4. The molecule has 3 rings (SSSR count). The molecule has 6 nitrogen and oxygen atoms in total. The number of hydrogen-bond donors (Lipinski definition) is 1. The summed E-state index contributed by atoms with van der Waals surface area (Å²) in [5.41, 5.74) is 2.58. The quantitative estimate of drug-likeness (QED) is 0.828. The first-order chi connectivity index (χ1) is 13.1. The number of hydrogen-bond acceptors (Lipinski definition) is 6. The first-order valence-electron chi connectivity index (χ1n) is 10.0. The van der Waals surface area contributed by atoms with E-state index in [-0.39, 0.29) is 11.1 Å². The second-order valence-electron chi connectivity index (χ2n) is 9.51. The van der Waals surface area contributed by atoms with E-state index in [1.165, 1.54) is 5.56 Å². The lowest BCUT2D eigenvalue weighted by molar-refractivity contribution is 0.0562. The summed E-state index contributed by atoms with van der Waals surface area (Å²) in [4.78, 5) is 17.8. The highest BCUT2D eigenvalue weighted by atomic mass is 15.2. The van der Waals surface area contributed by atoms with Crippen molar-refractivity contribution in [3.63, 3.8) is 0 Å². The lowest BCUT2D eigenvalue weighted by Gasteiger charge is -2.49. The maximum Gasteiger partial charge on any atom is 0.224 e. The summed E-state index contributed by atoms with van der Waals surface area (Å²) in [5, 5.41) is 3.80. The minimum Gasteiger partial charge on any atom is -0.347 e.